The molecule has 2 heterocycles. The molecule has 0 saturated carbocycles. The maximum absolute atomic E-state index is 13.0. The molecular weight excluding hydrogens is 439 g/mol. The van der Waals surface area contributed by atoms with Crippen LogP contribution in [0.25, 0.3) is 21.1 Å². The fraction of sp³-hybridized carbons (Fsp3) is 0.100. The second kappa shape index (κ2) is 7.33. The lowest BCUT2D eigenvalue weighted by molar-refractivity contribution is -0.137. The lowest BCUT2D eigenvalue weighted by Crippen LogP contribution is -2.13. The molecular formula is C20H13ClF3N3O2S. The molecule has 2 aromatic heterocycles. The summed E-state index contributed by atoms with van der Waals surface area (Å²) in [6.07, 6.45) is -4.56. The highest BCUT2D eigenvalue weighted by Crippen LogP contribution is 2.37. The molecule has 2 aromatic carbocycles. The first-order valence-electron chi connectivity index (χ1n) is 8.52. The number of nitrogen functional groups attached to an aromatic ring is 1. The number of halogens is 4. The average molecular weight is 452 g/mol. The van der Waals surface area contributed by atoms with Crippen molar-refractivity contribution in [2.45, 2.75) is 6.18 Å². The maximum Gasteiger partial charge on any atom is 0.416 e. The number of hydrogen-bond acceptors (Lipinski definition) is 5. The van der Waals surface area contributed by atoms with Gasteiger partial charge in [-0.05, 0) is 42.5 Å². The van der Waals surface area contributed by atoms with Crippen LogP contribution < -0.4 is 15.8 Å². The van der Waals surface area contributed by atoms with E-state index in [-0.39, 0.29) is 21.3 Å². The Morgan fingerprint density at radius 3 is 2.67 bits per heavy atom. The first-order chi connectivity index (χ1) is 14.2. The number of rotatable bonds is 3. The van der Waals surface area contributed by atoms with Crippen molar-refractivity contribution in [3.8, 4) is 5.75 Å². The molecule has 3 N–H and O–H groups in total. The minimum atomic E-state index is -4.56. The van der Waals surface area contributed by atoms with Crippen LogP contribution >= 0.6 is 22.9 Å². The van der Waals surface area contributed by atoms with E-state index in [9.17, 15) is 18.0 Å². The smallest absolute Gasteiger partial charge is 0.416 e. The number of aromatic nitrogens is 1. The Morgan fingerprint density at radius 2 is 1.97 bits per heavy atom. The number of amides is 1. The zero-order valence-electron chi connectivity index (χ0n) is 15.3. The summed E-state index contributed by atoms with van der Waals surface area (Å²) in [5.74, 6) is -0.0204. The van der Waals surface area contributed by atoms with E-state index >= 15 is 0 Å². The zero-order valence-corrected chi connectivity index (χ0v) is 16.9. The van der Waals surface area contributed by atoms with E-state index in [0.29, 0.717) is 21.5 Å². The Bertz CT molecular complexity index is 1300. The van der Waals surface area contributed by atoms with E-state index < -0.39 is 17.6 Å². The number of ether oxygens (including phenoxy) is 1. The molecule has 4 rings (SSSR count). The van der Waals surface area contributed by atoms with Gasteiger partial charge in [0.25, 0.3) is 5.91 Å². The molecule has 5 nitrogen and oxygen atoms in total. The molecule has 154 valence electrons. The minimum Gasteiger partial charge on any atom is -0.497 e. The molecule has 0 aliphatic heterocycles. The highest BCUT2D eigenvalue weighted by molar-refractivity contribution is 7.21. The SMILES string of the molecule is COc1ccc2nc3sc(C(=O)Nc4cc(C(F)(F)F)ccc4Cl)c(N)c3cc2c1. The lowest BCUT2D eigenvalue weighted by Gasteiger charge is -2.11. The molecule has 4 aromatic rings. The summed E-state index contributed by atoms with van der Waals surface area (Å²) in [6, 6.07) is 9.84. The number of nitrogens with two attached hydrogens (primary N) is 1. The largest absolute Gasteiger partial charge is 0.497 e. The molecule has 0 spiro atoms. The highest BCUT2D eigenvalue weighted by atomic mass is 35.5. The monoisotopic (exact) mass is 451 g/mol. The van der Waals surface area contributed by atoms with Gasteiger partial charge in [0.15, 0.2) is 0 Å². The number of nitrogens with one attached hydrogen (secondary N) is 1. The molecule has 0 unspecified atom stereocenters. The first kappa shape index (κ1) is 20.2. The van der Waals surface area contributed by atoms with Crippen molar-refractivity contribution in [3.05, 3.63) is 57.9 Å². The number of fused-ring (bicyclic) bond motifs is 2. The molecule has 0 saturated heterocycles. The summed E-state index contributed by atoms with van der Waals surface area (Å²) in [6.45, 7) is 0. The van der Waals surface area contributed by atoms with Crippen molar-refractivity contribution in [2.75, 3.05) is 18.2 Å². The average Bonchev–Trinajstić information content (AvgIpc) is 3.02. The van der Waals surface area contributed by atoms with Crippen LogP contribution in [0, 0.1) is 0 Å². The first-order valence-corrected chi connectivity index (χ1v) is 9.71. The summed E-state index contributed by atoms with van der Waals surface area (Å²) >= 11 is 7.01. The maximum atomic E-state index is 13.0. The summed E-state index contributed by atoms with van der Waals surface area (Å²) in [4.78, 5) is 17.9. The van der Waals surface area contributed by atoms with Gasteiger partial charge in [-0.1, -0.05) is 11.6 Å². The van der Waals surface area contributed by atoms with Crippen LogP contribution in [0.3, 0.4) is 0 Å². The Balaban J connectivity index is 1.73. The molecule has 30 heavy (non-hydrogen) atoms. The third-order valence-corrected chi connectivity index (χ3v) is 5.91. The van der Waals surface area contributed by atoms with Crippen LogP contribution in [-0.4, -0.2) is 18.0 Å². The van der Waals surface area contributed by atoms with Gasteiger partial charge in [-0.3, -0.25) is 4.79 Å². The molecule has 0 atom stereocenters. The fourth-order valence-corrected chi connectivity index (χ4v) is 4.10. The van der Waals surface area contributed by atoms with Crippen LogP contribution in [0.1, 0.15) is 15.2 Å². The predicted molar refractivity (Wildman–Crippen MR) is 112 cm³/mol. The Kier molecular flexibility index (Phi) is 4.95. The number of alkyl halides is 3. The second-order valence-corrected chi connectivity index (χ2v) is 7.80. The van der Waals surface area contributed by atoms with Crippen LogP contribution in [-0.2, 0) is 6.18 Å². The van der Waals surface area contributed by atoms with Crippen molar-refractivity contribution in [1.82, 2.24) is 4.98 Å². The molecule has 1 amide bonds. The van der Waals surface area contributed by atoms with Crippen molar-refractivity contribution in [3.63, 3.8) is 0 Å². The van der Waals surface area contributed by atoms with Gasteiger partial charge in [-0.15, -0.1) is 11.3 Å². The summed E-state index contributed by atoms with van der Waals surface area (Å²) in [5, 5.41) is 3.74. The van der Waals surface area contributed by atoms with E-state index in [1.807, 2.05) is 0 Å². The Labute approximate surface area is 177 Å². The summed E-state index contributed by atoms with van der Waals surface area (Å²) in [7, 11) is 1.55. The predicted octanol–water partition coefficient (Wildman–Crippen LogP) is 5.96. The third kappa shape index (κ3) is 3.61. The molecule has 10 heteroatoms. The van der Waals surface area contributed by atoms with Gasteiger partial charge in [0.05, 0.1) is 34.6 Å². The second-order valence-electron chi connectivity index (χ2n) is 6.39. The summed E-state index contributed by atoms with van der Waals surface area (Å²) in [5.41, 5.74) is 5.96. The van der Waals surface area contributed by atoms with Gasteiger partial charge in [0, 0.05) is 10.8 Å². The van der Waals surface area contributed by atoms with Gasteiger partial charge in [0.2, 0.25) is 0 Å². The van der Waals surface area contributed by atoms with E-state index in [1.54, 1.807) is 31.4 Å². The minimum absolute atomic E-state index is 0.0213. The number of carbonyl (C=O) groups excluding carboxylic acids is 1. The van der Waals surface area contributed by atoms with Crippen molar-refractivity contribution >= 4 is 61.3 Å². The molecule has 0 aliphatic rings. The third-order valence-electron chi connectivity index (χ3n) is 4.47. The van der Waals surface area contributed by atoms with E-state index in [1.165, 1.54) is 0 Å². The zero-order chi connectivity index (χ0) is 21.6. The van der Waals surface area contributed by atoms with Crippen LogP contribution in [0.5, 0.6) is 5.75 Å². The van der Waals surface area contributed by atoms with Crippen LogP contribution in [0.2, 0.25) is 5.02 Å². The number of anilines is 2. The quantitative estimate of drug-likeness (QED) is 0.402. The number of carbonyl (C=O) groups is 1. The molecule has 0 bridgehead atoms. The number of nitrogens with zero attached hydrogens (tertiary/aromatic N) is 1. The number of hydrogen-bond donors (Lipinski definition) is 2. The Hall–Kier alpha value is -3.04. The van der Waals surface area contributed by atoms with Gasteiger partial charge >= 0.3 is 6.18 Å². The van der Waals surface area contributed by atoms with Gasteiger partial charge in [0.1, 0.15) is 15.5 Å². The van der Waals surface area contributed by atoms with Gasteiger partial charge in [-0.2, -0.15) is 13.2 Å². The van der Waals surface area contributed by atoms with Gasteiger partial charge in [-0.25, -0.2) is 4.98 Å². The van der Waals surface area contributed by atoms with E-state index in [4.69, 9.17) is 22.1 Å². The lowest BCUT2D eigenvalue weighted by atomic mass is 10.1. The molecule has 0 fully saturated rings. The number of benzene rings is 2. The number of pyridine rings is 1. The van der Waals surface area contributed by atoms with Crippen molar-refractivity contribution < 1.29 is 22.7 Å². The topological polar surface area (TPSA) is 77.2 Å². The fourth-order valence-electron chi connectivity index (χ4n) is 2.95. The van der Waals surface area contributed by atoms with E-state index in [2.05, 4.69) is 10.3 Å². The normalized spacial score (nSPS) is 11.8. The standard InChI is InChI=1S/C20H13ClF3N3O2S/c1-29-11-3-5-14-9(6-11)7-12-16(25)17(30-19(12)27-14)18(28)26-15-8-10(20(22,23)24)2-4-13(15)21/h2-8H,25H2,1H3,(H,26,28). The van der Waals surface area contributed by atoms with E-state index in [0.717, 1.165) is 34.9 Å². The van der Waals surface area contributed by atoms with Crippen LogP contribution in [0.4, 0.5) is 24.5 Å². The molecule has 0 radical (unpaired) electrons. The van der Waals surface area contributed by atoms with Crippen molar-refractivity contribution in [1.29, 1.82) is 0 Å². The van der Waals surface area contributed by atoms with Crippen molar-refractivity contribution in [2.24, 2.45) is 0 Å². The van der Waals surface area contributed by atoms with Crippen LogP contribution in [0.15, 0.2) is 42.5 Å². The Morgan fingerprint density at radius 1 is 1.20 bits per heavy atom. The summed E-state index contributed by atoms with van der Waals surface area (Å²) < 4.78 is 44.1. The van der Waals surface area contributed by atoms with Gasteiger partial charge < -0.3 is 15.8 Å². The molecule has 0 aliphatic carbocycles. The number of thiophene rings is 1. The highest BCUT2D eigenvalue weighted by Gasteiger charge is 2.31. The number of methoxy groups -OCH3 is 1.